The fourth-order valence-electron chi connectivity index (χ4n) is 3.18. The molecule has 2 rings (SSSR count). The second-order valence-corrected chi connectivity index (χ2v) is 6.69. The Kier molecular flexibility index (Phi) is 5.27. The van der Waals surface area contributed by atoms with Gasteiger partial charge in [0.25, 0.3) is 0 Å². The van der Waals surface area contributed by atoms with Gasteiger partial charge in [0.05, 0.1) is 5.02 Å². The summed E-state index contributed by atoms with van der Waals surface area (Å²) in [5, 5.41) is 0.187. The average molecular weight is 349 g/mol. The van der Waals surface area contributed by atoms with Crippen molar-refractivity contribution in [2.75, 3.05) is 6.54 Å². The molecule has 0 spiro atoms. The molecule has 0 saturated heterocycles. The highest BCUT2D eigenvalue weighted by Crippen LogP contribution is 2.43. The van der Waals surface area contributed by atoms with Crippen LogP contribution in [0.1, 0.15) is 44.1 Å². The van der Waals surface area contributed by atoms with Gasteiger partial charge in [-0.1, -0.05) is 37.4 Å². The lowest BCUT2D eigenvalue weighted by Gasteiger charge is -2.36. The molecule has 1 fully saturated rings. The third-order valence-corrected chi connectivity index (χ3v) is 5.71. The molecule has 1 aliphatic carbocycles. The Morgan fingerprint density at radius 2 is 2.16 bits per heavy atom. The molecule has 0 heterocycles. The minimum absolute atomic E-state index is 0.187. The molecule has 19 heavy (non-hydrogen) atoms. The van der Waals surface area contributed by atoms with Crippen LogP contribution in [0.2, 0.25) is 5.02 Å². The number of hydrogen-bond donors (Lipinski definition) is 1. The zero-order valence-electron chi connectivity index (χ0n) is 11.1. The van der Waals surface area contributed by atoms with Crippen molar-refractivity contribution < 1.29 is 4.39 Å². The topological polar surface area (TPSA) is 26.0 Å². The van der Waals surface area contributed by atoms with Crippen LogP contribution < -0.4 is 5.73 Å². The quantitative estimate of drug-likeness (QED) is 0.755. The third kappa shape index (κ3) is 3.14. The van der Waals surface area contributed by atoms with Gasteiger partial charge >= 0.3 is 0 Å². The first kappa shape index (κ1) is 15.3. The van der Waals surface area contributed by atoms with E-state index in [0.717, 1.165) is 24.8 Å². The molecule has 3 atom stereocenters. The van der Waals surface area contributed by atoms with E-state index in [2.05, 4.69) is 22.9 Å². The molecular formula is C15H20BrClFN. The Balaban J connectivity index is 2.34. The summed E-state index contributed by atoms with van der Waals surface area (Å²) in [5.74, 6) is 0.967. The monoisotopic (exact) mass is 347 g/mol. The van der Waals surface area contributed by atoms with Crippen LogP contribution in [0.3, 0.4) is 0 Å². The first-order valence-electron chi connectivity index (χ1n) is 6.91. The molecule has 2 N–H and O–H groups in total. The van der Waals surface area contributed by atoms with Crippen molar-refractivity contribution in [3.05, 3.63) is 33.0 Å². The van der Waals surface area contributed by atoms with E-state index in [-0.39, 0.29) is 16.8 Å². The van der Waals surface area contributed by atoms with E-state index in [4.69, 9.17) is 17.3 Å². The lowest BCUT2D eigenvalue weighted by atomic mass is 9.70. The van der Waals surface area contributed by atoms with Crippen LogP contribution in [0.4, 0.5) is 4.39 Å². The minimum Gasteiger partial charge on any atom is -0.330 e. The summed E-state index contributed by atoms with van der Waals surface area (Å²) in [4.78, 5) is 0. The maximum Gasteiger partial charge on any atom is 0.146 e. The largest absolute Gasteiger partial charge is 0.330 e. The van der Waals surface area contributed by atoms with E-state index in [1.807, 2.05) is 12.1 Å². The van der Waals surface area contributed by atoms with Crippen molar-refractivity contribution >= 4 is 27.5 Å². The smallest absolute Gasteiger partial charge is 0.146 e. The van der Waals surface area contributed by atoms with Crippen LogP contribution in [0.5, 0.6) is 0 Å². The summed E-state index contributed by atoms with van der Waals surface area (Å²) >= 11 is 9.28. The van der Waals surface area contributed by atoms with Gasteiger partial charge in [0.15, 0.2) is 0 Å². The van der Waals surface area contributed by atoms with Crippen LogP contribution in [0, 0.1) is 17.7 Å². The van der Waals surface area contributed by atoms with Crippen LogP contribution in [0.25, 0.3) is 0 Å². The summed E-state index contributed by atoms with van der Waals surface area (Å²) < 4.78 is 15.0. The van der Waals surface area contributed by atoms with Crippen molar-refractivity contribution in [3.63, 3.8) is 0 Å². The molecule has 1 saturated carbocycles. The second kappa shape index (κ2) is 6.55. The lowest BCUT2D eigenvalue weighted by molar-refractivity contribution is 0.232. The molecule has 1 aromatic carbocycles. The van der Waals surface area contributed by atoms with Crippen molar-refractivity contribution in [3.8, 4) is 0 Å². The van der Waals surface area contributed by atoms with E-state index in [9.17, 15) is 4.39 Å². The standard InChI is InChI=1S/C15H20BrClFN/c1-2-9-3-4-10(8-19)12(7-9)11-5-6-13(16)14(17)15(11)18/h5-6,9-10,12H,2-4,7-8,19H2,1H3. The van der Waals surface area contributed by atoms with Gasteiger partial charge in [-0.2, -0.15) is 0 Å². The lowest BCUT2D eigenvalue weighted by Crippen LogP contribution is -2.29. The molecule has 0 bridgehead atoms. The minimum atomic E-state index is -0.281. The molecule has 0 aliphatic heterocycles. The van der Waals surface area contributed by atoms with Crippen molar-refractivity contribution in [1.82, 2.24) is 0 Å². The van der Waals surface area contributed by atoms with Crippen molar-refractivity contribution in [1.29, 1.82) is 0 Å². The fourth-order valence-corrected chi connectivity index (χ4v) is 3.66. The van der Waals surface area contributed by atoms with E-state index in [0.29, 0.717) is 22.9 Å². The molecule has 3 unspecified atom stereocenters. The number of rotatable bonds is 3. The van der Waals surface area contributed by atoms with Crippen LogP contribution in [0.15, 0.2) is 16.6 Å². The molecule has 4 heteroatoms. The Bertz CT molecular complexity index is 452. The molecule has 1 aromatic rings. The summed E-state index contributed by atoms with van der Waals surface area (Å²) in [5.41, 5.74) is 6.61. The Hall–Kier alpha value is -0.120. The Morgan fingerprint density at radius 3 is 2.79 bits per heavy atom. The maximum atomic E-state index is 14.4. The third-order valence-electron chi connectivity index (χ3n) is 4.45. The number of halogens is 3. The number of benzene rings is 1. The zero-order valence-corrected chi connectivity index (χ0v) is 13.5. The van der Waals surface area contributed by atoms with Crippen LogP contribution in [-0.2, 0) is 0 Å². The molecular weight excluding hydrogens is 329 g/mol. The highest BCUT2D eigenvalue weighted by Gasteiger charge is 2.32. The molecule has 0 radical (unpaired) electrons. The van der Waals surface area contributed by atoms with E-state index < -0.39 is 0 Å². The first-order valence-corrected chi connectivity index (χ1v) is 8.09. The van der Waals surface area contributed by atoms with Crippen LogP contribution in [-0.4, -0.2) is 6.54 Å². The highest BCUT2D eigenvalue weighted by molar-refractivity contribution is 9.10. The van der Waals surface area contributed by atoms with Gasteiger partial charge in [0, 0.05) is 4.47 Å². The number of nitrogens with two attached hydrogens (primary N) is 1. The Labute approximate surface area is 127 Å². The molecule has 0 aromatic heterocycles. The summed E-state index contributed by atoms with van der Waals surface area (Å²) in [6.07, 6.45) is 4.47. The predicted octanol–water partition coefficient (Wildman–Crippen LogP) is 5.11. The van der Waals surface area contributed by atoms with Crippen molar-refractivity contribution in [2.45, 2.75) is 38.5 Å². The van der Waals surface area contributed by atoms with Crippen molar-refractivity contribution in [2.24, 2.45) is 17.6 Å². The van der Waals surface area contributed by atoms with Crippen LogP contribution >= 0.6 is 27.5 Å². The SMILES string of the molecule is CCC1CCC(CN)C(c2ccc(Br)c(Cl)c2F)C1. The Morgan fingerprint density at radius 1 is 1.42 bits per heavy atom. The van der Waals surface area contributed by atoms with E-state index in [1.54, 1.807) is 0 Å². The fraction of sp³-hybridized carbons (Fsp3) is 0.600. The predicted molar refractivity (Wildman–Crippen MR) is 82.0 cm³/mol. The normalized spacial score (nSPS) is 27.5. The van der Waals surface area contributed by atoms with Gasteiger partial charge in [0.2, 0.25) is 0 Å². The average Bonchev–Trinajstić information content (AvgIpc) is 2.44. The molecule has 0 amide bonds. The van der Waals surface area contributed by atoms with Gasteiger partial charge in [-0.25, -0.2) is 4.39 Å². The van der Waals surface area contributed by atoms with Gasteiger partial charge in [-0.3, -0.25) is 0 Å². The highest BCUT2D eigenvalue weighted by atomic mass is 79.9. The van der Waals surface area contributed by atoms with E-state index >= 15 is 0 Å². The summed E-state index contributed by atoms with van der Waals surface area (Å²) in [6.45, 7) is 2.82. The second-order valence-electron chi connectivity index (χ2n) is 5.45. The molecule has 1 nitrogen and oxygen atoms in total. The molecule has 1 aliphatic rings. The van der Waals surface area contributed by atoms with E-state index in [1.165, 1.54) is 6.42 Å². The zero-order chi connectivity index (χ0) is 14.0. The van der Waals surface area contributed by atoms with Gasteiger partial charge in [0.1, 0.15) is 5.82 Å². The summed E-state index contributed by atoms with van der Waals surface area (Å²) in [7, 11) is 0. The first-order chi connectivity index (χ1) is 9.08. The van der Waals surface area contributed by atoms with Gasteiger partial charge < -0.3 is 5.73 Å². The van der Waals surface area contributed by atoms with Gasteiger partial charge in [-0.15, -0.1) is 0 Å². The van der Waals surface area contributed by atoms with Gasteiger partial charge in [-0.05, 0) is 64.7 Å². The maximum absolute atomic E-state index is 14.4. The molecule has 106 valence electrons. The summed E-state index contributed by atoms with van der Waals surface area (Å²) in [6, 6.07) is 3.69. The number of hydrogen-bond acceptors (Lipinski definition) is 1.